The number of hydrogen-bond acceptors (Lipinski definition) is 5. The van der Waals surface area contributed by atoms with Crippen LogP contribution in [0.5, 0.6) is 0 Å². The Morgan fingerprint density at radius 3 is 2.68 bits per heavy atom. The summed E-state index contributed by atoms with van der Waals surface area (Å²) >= 11 is 0. The van der Waals surface area contributed by atoms with Gasteiger partial charge in [-0.05, 0) is 43.5 Å². The van der Waals surface area contributed by atoms with Crippen LogP contribution in [0.25, 0.3) is 0 Å². The van der Waals surface area contributed by atoms with Crippen molar-refractivity contribution in [2.24, 2.45) is 5.10 Å². The molecular weight excluding hydrogens is 320 g/mol. The van der Waals surface area contributed by atoms with Gasteiger partial charge in [-0.15, -0.1) is 0 Å². The van der Waals surface area contributed by atoms with Crippen molar-refractivity contribution in [1.29, 1.82) is 0 Å². The second kappa shape index (κ2) is 7.65. The van der Waals surface area contributed by atoms with E-state index in [0.29, 0.717) is 5.56 Å². The van der Waals surface area contributed by atoms with E-state index in [2.05, 4.69) is 15.5 Å². The van der Waals surface area contributed by atoms with Crippen molar-refractivity contribution < 1.29 is 9.72 Å². The van der Waals surface area contributed by atoms with Gasteiger partial charge in [-0.3, -0.25) is 19.9 Å². The largest absolute Gasteiger partial charge is 0.271 e. The van der Waals surface area contributed by atoms with Gasteiger partial charge in [-0.25, -0.2) is 5.43 Å². The lowest BCUT2D eigenvalue weighted by Crippen LogP contribution is -2.25. The summed E-state index contributed by atoms with van der Waals surface area (Å²) in [5.41, 5.74) is 4.73. The van der Waals surface area contributed by atoms with E-state index in [1.165, 1.54) is 24.3 Å². The molecule has 1 fully saturated rings. The number of hydrogen-bond donors (Lipinski definition) is 1. The highest BCUT2D eigenvalue weighted by Crippen LogP contribution is 2.29. The van der Waals surface area contributed by atoms with E-state index in [9.17, 15) is 14.9 Å². The van der Waals surface area contributed by atoms with Gasteiger partial charge in [0.15, 0.2) is 0 Å². The average molecular weight is 338 g/mol. The quantitative estimate of drug-likeness (QED) is 0.682. The number of non-ortho nitro benzene ring substituents is 1. The summed E-state index contributed by atoms with van der Waals surface area (Å²) in [6, 6.07) is 11.3. The maximum Gasteiger partial charge on any atom is 0.271 e. The Morgan fingerprint density at radius 2 is 2.00 bits per heavy atom. The SMILES string of the molecule is O=C(N/N=C1\CCCCC1c1ccccn1)c1ccc([N+](=O)[O-])cc1. The normalized spacial score (nSPS) is 18.7. The molecule has 128 valence electrons. The number of pyridine rings is 1. The molecule has 1 amide bonds. The Balaban J connectivity index is 1.72. The van der Waals surface area contributed by atoms with Gasteiger partial charge < -0.3 is 0 Å². The zero-order valence-electron chi connectivity index (χ0n) is 13.6. The Kier molecular flexibility index (Phi) is 5.13. The predicted octanol–water partition coefficient (Wildman–Crippen LogP) is 3.43. The standard InChI is InChI=1S/C18H18N4O3/c23-18(13-8-10-14(11-9-13)22(24)25)21-20-17-7-2-1-5-15(17)16-6-3-4-12-19-16/h3-4,6,8-12,15H,1-2,5,7H2,(H,21,23)/b20-17+. The molecule has 1 aromatic carbocycles. The first-order valence-electron chi connectivity index (χ1n) is 8.17. The summed E-state index contributed by atoms with van der Waals surface area (Å²) in [5, 5.41) is 15.0. The number of nitro groups is 1. The fraction of sp³-hybridized carbons (Fsp3) is 0.278. The molecule has 7 heteroatoms. The number of rotatable bonds is 4. The number of nitro benzene ring substituents is 1. The van der Waals surface area contributed by atoms with Crippen molar-refractivity contribution in [3.63, 3.8) is 0 Å². The number of amides is 1. The van der Waals surface area contributed by atoms with Gasteiger partial charge in [0.05, 0.1) is 4.92 Å². The molecule has 0 spiro atoms. The molecule has 25 heavy (non-hydrogen) atoms. The highest BCUT2D eigenvalue weighted by Gasteiger charge is 2.23. The molecule has 1 saturated carbocycles. The zero-order valence-corrected chi connectivity index (χ0v) is 13.6. The molecular formula is C18H18N4O3. The van der Waals surface area contributed by atoms with Crippen LogP contribution in [-0.2, 0) is 0 Å². The van der Waals surface area contributed by atoms with E-state index < -0.39 is 4.92 Å². The minimum Gasteiger partial charge on any atom is -0.267 e. The second-order valence-corrected chi connectivity index (χ2v) is 5.90. The monoisotopic (exact) mass is 338 g/mol. The zero-order chi connectivity index (χ0) is 17.6. The van der Waals surface area contributed by atoms with Gasteiger partial charge >= 0.3 is 0 Å². The van der Waals surface area contributed by atoms with Gasteiger partial charge in [0.2, 0.25) is 0 Å². The van der Waals surface area contributed by atoms with Crippen molar-refractivity contribution in [3.8, 4) is 0 Å². The highest BCUT2D eigenvalue weighted by molar-refractivity contribution is 5.97. The summed E-state index contributed by atoms with van der Waals surface area (Å²) in [4.78, 5) is 26.8. The van der Waals surface area contributed by atoms with Crippen molar-refractivity contribution in [1.82, 2.24) is 10.4 Å². The second-order valence-electron chi connectivity index (χ2n) is 5.90. The Bertz CT molecular complexity index is 788. The van der Waals surface area contributed by atoms with Crippen LogP contribution in [0.4, 0.5) is 5.69 Å². The summed E-state index contributed by atoms with van der Waals surface area (Å²) in [6.45, 7) is 0. The lowest BCUT2D eigenvalue weighted by atomic mass is 9.85. The van der Waals surface area contributed by atoms with E-state index in [4.69, 9.17) is 0 Å². The molecule has 1 atom stereocenters. The van der Waals surface area contributed by atoms with Crippen molar-refractivity contribution in [3.05, 3.63) is 70.0 Å². The number of nitrogens with one attached hydrogen (secondary N) is 1. The molecule has 3 rings (SSSR count). The number of carbonyl (C=O) groups excluding carboxylic acids is 1. The topological polar surface area (TPSA) is 97.5 Å². The minimum atomic E-state index is -0.499. The lowest BCUT2D eigenvalue weighted by Gasteiger charge is -2.23. The van der Waals surface area contributed by atoms with Crippen LogP contribution < -0.4 is 5.43 Å². The Morgan fingerprint density at radius 1 is 1.20 bits per heavy atom. The molecule has 1 heterocycles. The summed E-state index contributed by atoms with van der Waals surface area (Å²) in [7, 11) is 0. The van der Waals surface area contributed by atoms with Crippen molar-refractivity contribution in [2.45, 2.75) is 31.6 Å². The molecule has 1 aliphatic carbocycles. The number of hydrazone groups is 1. The number of carbonyl (C=O) groups is 1. The molecule has 1 aliphatic rings. The van der Waals surface area contributed by atoms with Gasteiger partial charge in [0, 0.05) is 41.2 Å². The molecule has 0 radical (unpaired) electrons. The minimum absolute atomic E-state index is 0.0506. The third-order valence-corrected chi connectivity index (χ3v) is 4.26. The fourth-order valence-electron chi connectivity index (χ4n) is 2.95. The van der Waals surface area contributed by atoms with Crippen LogP contribution in [-0.4, -0.2) is 21.5 Å². The van der Waals surface area contributed by atoms with E-state index in [1.807, 2.05) is 18.2 Å². The summed E-state index contributed by atoms with van der Waals surface area (Å²) in [6.07, 6.45) is 5.69. The Labute approximate surface area is 144 Å². The van der Waals surface area contributed by atoms with Crippen molar-refractivity contribution in [2.75, 3.05) is 0 Å². The Hall–Kier alpha value is -3.09. The van der Waals surface area contributed by atoms with E-state index >= 15 is 0 Å². The van der Waals surface area contributed by atoms with Crippen LogP contribution in [0, 0.1) is 10.1 Å². The predicted molar refractivity (Wildman–Crippen MR) is 93.4 cm³/mol. The third kappa shape index (κ3) is 4.06. The molecule has 0 aliphatic heterocycles. The van der Waals surface area contributed by atoms with Gasteiger partial charge in [-0.2, -0.15) is 5.10 Å². The lowest BCUT2D eigenvalue weighted by molar-refractivity contribution is -0.384. The van der Waals surface area contributed by atoms with Gasteiger partial charge in [0.25, 0.3) is 11.6 Å². The van der Waals surface area contributed by atoms with Crippen LogP contribution in [0.15, 0.2) is 53.8 Å². The molecule has 0 bridgehead atoms. The first-order valence-corrected chi connectivity index (χ1v) is 8.17. The molecule has 0 saturated heterocycles. The average Bonchev–Trinajstić information content (AvgIpc) is 2.67. The smallest absolute Gasteiger partial charge is 0.267 e. The maximum absolute atomic E-state index is 12.2. The third-order valence-electron chi connectivity index (χ3n) is 4.26. The first kappa shape index (κ1) is 16.8. The maximum atomic E-state index is 12.2. The fourth-order valence-corrected chi connectivity index (χ4v) is 2.95. The van der Waals surface area contributed by atoms with Crippen LogP contribution in [0.1, 0.15) is 47.7 Å². The van der Waals surface area contributed by atoms with Gasteiger partial charge in [-0.1, -0.05) is 12.5 Å². The van der Waals surface area contributed by atoms with Gasteiger partial charge in [0.1, 0.15) is 0 Å². The van der Waals surface area contributed by atoms with E-state index in [1.54, 1.807) is 6.20 Å². The van der Waals surface area contributed by atoms with E-state index in [0.717, 1.165) is 37.1 Å². The summed E-state index contributed by atoms with van der Waals surface area (Å²) in [5.74, 6) is -0.264. The van der Waals surface area contributed by atoms with Crippen molar-refractivity contribution >= 4 is 17.3 Å². The summed E-state index contributed by atoms with van der Waals surface area (Å²) < 4.78 is 0. The number of benzene rings is 1. The number of aromatic nitrogens is 1. The molecule has 1 aromatic heterocycles. The molecule has 1 unspecified atom stereocenters. The molecule has 1 N–H and O–H groups in total. The highest BCUT2D eigenvalue weighted by atomic mass is 16.6. The number of nitrogens with zero attached hydrogens (tertiary/aromatic N) is 3. The molecule has 7 nitrogen and oxygen atoms in total. The van der Waals surface area contributed by atoms with E-state index in [-0.39, 0.29) is 17.5 Å². The van der Waals surface area contributed by atoms with Crippen LogP contribution >= 0.6 is 0 Å². The first-order chi connectivity index (χ1) is 12.1. The van der Waals surface area contributed by atoms with Crippen LogP contribution in [0.2, 0.25) is 0 Å². The van der Waals surface area contributed by atoms with Crippen LogP contribution in [0.3, 0.4) is 0 Å². The molecule has 2 aromatic rings.